The lowest BCUT2D eigenvalue weighted by Gasteiger charge is -1.96. The monoisotopic (exact) mass is 209 g/mol. The van der Waals surface area contributed by atoms with Crippen molar-refractivity contribution in [2.24, 2.45) is 5.92 Å². The molecule has 0 bridgehead atoms. The van der Waals surface area contributed by atoms with E-state index in [0.29, 0.717) is 10.9 Å². The molecule has 4 heteroatoms. The van der Waals surface area contributed by atoms with Crippen LogP contribution < -0.4 is 0 Å². The van der Waals surface area contributed by atoms with Crippen molar-refractivity contribution in [3.05, 3.63) is 29.2 Å². The maximum Gasteiger partial charge on any atom is 0.174 e. The predicted molar refractivity (Wildman–Crippen MR) is 56.5 cm³/mol. The molecule has 2 aromatic heterocycles. The molecule has 0 saturated carbocycles. The molecule has 0 unspecified atom stereocenters. The minimum Gasteiger partial charge on any atom is -0.219 e. The molecule has 14 heavy (non-hydrogen) atoms. The van der Waals surface area contributed by atoms with Gasteiger partial charge in [-0.25, -0.2) is 9.50 Å². The number of nitrogens with zero attached hydrogens (tertiary/aromatic N) is 3. The van der Waals surface area contributed by atoms with Crippen LogP contribution in [0.1, 0.15) is 19.7 Å². The Morgan fingerprint density at radius 1 is 1.50 bits per heavy atom. The lowest BCUT2D eigenvalue weighted by atomic mass is 10.1. The van der Waals surface area contributed by atoms with Gasteiger partial charge in [0.25, 0.3) is 0 Å². The standard InChI is InChI=1S/C10H12ClN3/c1-7(2)6-9-12-10-8(11)4-3-5-14(10)13-9/h3-5,7H,6H2,1-2H3. The lowest BCUT2D eigenvalue weighted by molar-refractivity contribution is 0.620. The van der Waals surface area contributed by atoms with E-state index in [9.17, 15) is 0 Å². The summed E-state index contributed by atoms with van der Waals surface area (Å²) in [5.41, 5.74) is 0.741. The van der Waals surface area contributed by atoms with Gasteiger partial charge in [0.2, 0.25) is 0 Å². The molecule has 0 aliphatic rings. The second-order valence-corrected chi connectivity index (χ2v) is 4.16. The van der Waals surface area contributed by atoms with E-state index in [4.69, 9.17) is 11.6 Å². The van der Waals surface area contributed by atoms with Crippen LogP contribution in [0, 0.1) is 5.92 Å². The van der Waals surface area contributed by atoms with Crippen LogP contribution in [-0.2, 0) is 6.42 Å². The normalized spacial score (nSPS) is 11.4. The fraction of sp³-hybridized carbons (Fsp3) is 0.400. The van der Waals surface area contributed by atoms with E-state index >= 15 is 0 Å². The van der Waals surface area contributed by atoms with Gasteiger partial charge >= 0.3 is 0 Å². The second kappa shape index (κ2) is 3.58. The van der Waals surface area contributed by atoms with Gasteiger partial charge in [0, 0.05) is 12.6 Å². The lowest BCUT2D eigenvalue weighted by Crippen LogP contribution is -1.96. The number of rotatable bonds is 2. The topological polar surface area (TPSA) is 30.2 Å². The van der Waals surface area contributed by atoms with E-state index < -0.39 is 0 Å². The number of fused-ring (bicyclic) bond motifs is 1. The molecule has 2 aromatic rings. The third-order valence-corrected chi connectivity index (χ3v) is 2.24. The summed E-state index contributed by atoms with van der Waals surface area (Å²) in [6, 6.07) is 3.69. The first-order valence-electron chi connectivity index (χ1n) is 4.66. The highest BCUT2D eigenvalue weighted by molar-refractivity contribution is 6.33. The minimum absolute atomic E-state index is 0.561. The van der Waals surface area contributed by atoms with Crippen molar-refractivity contribution in [2.75, 3.05) is 0 Å². The number of pyridine rings is 1. The summed E-state index contributed by atoms with van der Waals surface area (Å²) in [6.45, 7) is 4.29. The summed E-state index contributed by atoms with van der Waals surface area (Å²) >= 11 is 5.98. The van der Waals surface area contributed by atoms with Crippen LogP contribution in [0.5, 0.6) is 0 Å². The third-order valence-electron chi connectivity index (χ3n) is 1.95. The van der Waals surface area contributed by atoms with Crippen molar-refractivity contribution in [1.29, 1.82) is 0 Å². The van der Waals surface area contributed by atoms with Gasteiger partial charge in [-0.3, -0.25) is 0 Å². The molecule has 0 amide bonds. The third kappa shape index (κ3) is 1.73. The van der Waals surface area contributed by atoms with Crippen molar-refractivity contribution < 1.29 is 0 Å². The molecule has 0 fully saturated rings. The van der Waals surface area contributed by atoms with Crippen molar-refractivity contribution in [3.8, 4) is 0 Å². The van der Waals surface area contributed by atoms with Gasteiger partial charge in [0.05, 0.1) is 5.02 Å². The van der Waals surface area contributed by atoms with Crippen LogP contribution in [-0.4, -0.2) is 14.6 Å². The van der Waals surface area contributed by atoms with E-state index in [1.807, 2.05) is 18.3 Å². The fourth-order valence-corrected chi connectivity index (χ4v) is 1.57. The maximum absolute atomic E-state index is 5.98. The molecule has 0 aliphatic heterocycles. The van der Waals surface area contributed by atoms with Crippen LogP contribution >= 0.6 is 11.6 Å². The Hall–Kier alpha value is -1.09. The average molecular weight is 210 g/mol. The van der Waals surface area contributed by atoms with Gasteiger partial charge in [-0.15, -0.1) is 0 Å². The molecule has 0 N–H and O–H groups in total. The zero-order valence-corrected chi connectivity index (χ0v) is 8.99. The Morgan fingerprint density at radius 2 is 2.29 bits per heavy atom. The maximum atomic E-state index is 5.98. The Kier molecular flexibility index (Phi) is 2.42. The van der Waals surface area contributed by atoms with Gasteiger partial charge in [-0.2, -0.15) is 5.10 Å². The fourth-order valence-electron chi connectivity index (χ4n) is 1.37. The van der Waals surface area contributed by atoms with Crippen LogP contribution in [0.4, 0.5) is 0 Å². The van der Waals surface area contributed by atoms with Crippen LogP contribution in [0.15, 0.2) is 18.3 Å². The number of hydrogen-bond donors (Lipinski definition) is 0. The molecule has 0 saturated heterocycles. The quantitative estimate of drug-likeness (QED) is 0.761. The highest BCUT2D eigenvalue weighted by Crippen LogP contribution is 2.15. The summed E-state index contributed by atoms with van der Waals surface area (Å²) in [6.07, 6.45) is 2.75. The first kappa shape index (κ1) is 9.46. The highest BCUT2D eigenvalue weighted by Gasteiger charge is 2.07. The molecule has 0 aromatic carbocycles. The van der Waals surface area contributed by atoms with Gasteiger partial charge in [-0.1, -0.05) is 25.4 Å². The molecule has 0 aliphatic carbocycles. The van der Waals surface area contributed by atoms with Crippen molar-refractivity contribution in [1.82, 2.24) is 14.6 Å². The summed E-state index contributed by atoms with van der Waals surface area (Å²) < 4.78 is 1.72. The van der Waals surface area contributed by atoms with Gasteiger partial charge in [0.1, 0.15) is 0 Å². The predicted octanol–water partition coefficient (Wildman–Crippen LogP) is 2.58. The Labute approximate surface area is 87.7 Å². The molecule has 0 spiro atoms. The summed E-state index contributed by atoms with van der Waals surface area (Å²) in [5.74, 6) is 1.42. The summed E-state index contributed by atoms with van der Waals surface area (Å²) in [7, 11) is 0. The van der Waals surface area contributed by atoms with Gasteiger partial charge in [-0.05, 0) is 18.1 Å². The molecule has 2 heterocycles. The second-order valence-electron chi connectivity index (χ2n) is 3.75. The summed E-state index contributed by atoms with van der Waals surface area (Å²) in [5, 5.41) is 4.98. The van der Waals surface area contributed by atoms with Gasteiger partial charge < -0.3 is 0 Å². The number of aromatic nitrogens is 3. The van der Waals surface area contributed by atoms with E-state index in [-0.39, 0.29) is 0 Å². The number of halogens is 1. The first-order valence-corrected chi connectivity index (χ1v) is 5.04. The number of hydrogen-bond acceptors (Lipinski definition) is 2. The molecule has 2 rings (SSSR count). The smallest absolute Gasteiger partial charge is 0.174 e. The molecular formula is C10H12ClN3. The first-order chi connectivity index (χ1) is 6.66. The van der Waals surface area contributed by atoms with E-state index in [1.54, 1.807) is 4.52 Å². The van der Waals surface area contributed by atoms with Crippen molar-refractivity contribution in [2.45, 2.75) is 20.3 Å². The summed E-state index contributed by atoms with van der Waals surface area (Å²) in [4.78, 5) is 4.37. The highest BCUT2D eigenvalue weighted by atomic mass is 35.5. The molecule has 74 valence electrons. The Balaban J connectivity index is 2.46. The van der Waals surface area contributed by atoms with Crippen LogP contribution in [0.3, 0.4) is 0 Å². The minimum atomic E-state index is 0.561. The average Bonchev–Trinajstić information content (AvgIpc) is 2.47. The van der Waals surface area contributed by atoms with Crippen LogP contribution in [0.25, 0.3) is 5.65 Å². The largest absolute Gasteiger partial charge is 0.219 e. The van der Waals surface area contributed by atoms with E-state index in [1.165, 1.54) is 0 Å². The molecular weight excluding hydrogens is 198 g/mol. The van der Waals surface area contributed by atoms with Crippen molar-refractivity contribution >= 4 is 17.2 Å². The zero-order valence-electron chi connectivity index (χ0n) is 8.24. The Morgan fingerprint density at radius 3 is 2.93 bits per heavy atom. The molecule has 0 atom stereocenters. The Bertz CT molecular complexity index is 448. The zero-order chi connectivity index (χ0) is 10.1. The van der Waals surface area contributed by atoms with E-state index in [0.717, 1.165) is 17.9 Å². The SMILES string of the molecule is CC(C)Cc1nc2c(Cl)cccn2n1. The molecule has 0 radical (unpaired) electrons. The van der Waals surface area contributed by atoms with Crippen molar-refractivity contribution in [3.63, 3.8) is 0 Å². The van der Waals surface area contributed by atoms with Crippen LogP contribution in [0.2, 0.25) is 5.02 Å². The molecule has 3 nitrogen and oxygen atoms in total. The van der Waals surface area contributed by atoms with Gasteiger partial charge in [0.15, 0.2) is 11.5 Å². The van der Waals surface area contributed by atoms with E-state index in [2.05, 4.69) is 23.9 Å².